The minimum absolute atomic E-state index is 0.0823. The maximum atomic E-state index is 12.3. The van der Waals surface area contributed by atoms with Crippen LogP contribution in [0.2, 0.25) is 0 Å². The summed E-state index contributed by atoms with van der Waals surface area (Å²) in [6.07, 6.45) is 0.785. The summed E-state index contributed by atoms with van der Waals surface area (Å²) in [5.74, 6) is 0.633. The van der Waals surface area contributed by atoms with Crippen LogP contribution in [0.3, 0.4) is 0 Å². The predicted octanol–water partition coefficient (Wildman–Crippen LogP) is 4.49. The number of amides is 1. The van der Waals surface area contributed by atoms with Crippen LogP contribution in [0.4, 0.5) is 0 Å². The summed E-state index contributed by atoms with van der Waals surface area (Å²) in [5, 5.41) is 6.10. The van der Waals surface area contributed by atoms with Crippen LogP contribution >= 0.6 is 11.3 Å². The van der Waals surface area contributed by atoms with E-state index < -0.39 is 0 Å². The number of carbonyl (C=O) groups excluding carboxylic acids is 1. The number of nitrogens with one attached hydrogen (secondary N) is 1. The molecule has 0 radical (unpaired) electrons. The largest absolute Gasteiger partial charge is 0.494 e. The molecule has 0 atom stereocenters. The molecule has 2 aromatic carbocycles. The first-order valence-corrected chi connectivity index (χ1v) is 9.56. The average molecular weight is 366 g/mol. The third kappa shape index (κ3) is 4.70. The molecule has 0 saturated carbocycles. The number of ether oxygens (including phenoxy) is 1. The minimum Gasteiger partial charge on any atom is -0.494 e. The number of aromatic nitrogens is 1. The first-order valence-electron chi connectivity index (χ1n) is 8.68. The lowest BCUT2D eigenvalue weighted by atomic mass is 10.1. The van der Waals surface area contributed by atoms with Crippen molar-refractivity contribution in [2.24, 2.45) is 0 Å². The minimum atomic E-state index is -0.0823. The Morgan fingerprint density at radius 3 is 2.69 bits per heavy atom. The molecule has 134 valence electrons. The summed E-state index contributed by atoms with van der Waals surface area (Å²) in [6.45, 7) is 5.11. The molecular formula is C21H22N2O2S. The van der Waals surface area contributed by atoms with Crippen molar-refractivity contribution in [3.63, 3.8) is 0 Å². The molecule has 1 N–H and O–H groups in total. The molecule has 3 aromatic rings. The monoisotopic (exact) mass is 366 g/mol. The van der Waals surface area contributed by atoms with E-state index in [4.69, 9.17) is 4.74 Å². The molecule has 5 heteroatoms. The smallest absolute Gasteiger partial charge is 0.251 e. The Kier molecular flexibility index (Phi) is 6.02. The molecule has 26 heavy (non-hydrogen) atoms. The highest BCUT2D eigenvalue weighted by Crippen LogP contribution is 2.21. The fraction of sp³-hybridized carbons (Fsp3) is 0.238. The molecule has 0 bridgehead atoms. The number of benzene rings is 2. The quantitative estimate of drug-likeness (QED) is 0.670. The van der Waals surface area contributed by atoms with Crippen molar-refractivity contribution in [1.29, 1.82) is 0 Å². The van der Waals surface area contributed by atoms with Crippen molar-refractivity contribution in [3.05, 3.63) is 70.0 Å². The van der Waals surface area contributed by atoms with Crippen molar-refractivity contribution in [3.8, 4) is 17.0 Å². The Morgan fingerprint density at radius 1 is 1.19 bits per heavy atom. The van der Waals surface area contributed by atoms with Crippen LogP contribution in [0.25, 0.3) is 11.3 Å². The first kappa shape index (κ1) is 18.1. The molecule has 1 heterocycles. The van der Waals surface area contributed by atoms with E-state index in [0.717, 1.165) is 22.7 Å². The van der Waals surface area contributed by atoms with Gasteiger partial charge >= 0.3 is 0 Å². The molecule has 3 rings (SSSR count). The number of hydrogen-bond acceptors (Lipinski definition) is 4. The van der Waals surface area contributed by atoms with Crippen molar-refractivity contribution in [1.82, 2.24) is 10.3 Å². The van der Waals surface area contributed by atoms with Crippen molar-refractivity contribution in [2.75, 3.05) is 13.2 Å². The number of aryl methyl sites for hydroxylation is 1. The summed E-state index contributed by atoms with van der Waals surface area (Å²) in [7, 11) is 0. The normalized spacial score (nSPS) is 10.5. The molecular weight excluding hydrogens is 344 g/mol. The highest BCUT2D eigenvalue weighted by molar-refractivity contribution is 7.09. The summed E-state index contributed by atoms with van der Waals surface area (Å²) < 4.78 is 5.44. The molecule has 0 unspecified atom stereocenters. The Labute approximate surface area is 157 Å². The topological polar surface area (TPSA) is 51.2 Å². The van der Waals surface area contributed by atoms with E-state index in [1.807, 2.05) is 26.0 Å². The van der Waals surface area contributed by atoms with Gasteiger partial charge in [0.2, 0.25) is 0 Å². The van der Waals surface area contributed by atoms with Crippen molar-refractivity contribution >= 4 is 17.2 Å². The van der Waals surface area contributed by atoms with Gasteiger partial charge in [-0.1, -0.05) is 30.3 Å². The molecule has 0 aliphatic carbocycles. The number of thiazole rings is 1. The van der Waals surface area contributed by atoms with Crippen LogP contribution in [-0.2, 0) is 6.42 Å². The van der Waals surface area contributed by atoms with Gasteiger partial charge in [0.15, 0.2) is 0 Å². The Bertz CT molecular complexity index is 872. The van der Waals surface area contributed by atoms with Gasteiger partial charge in [0.05, 0.1) is 17.3 Å². The van der Waals surface area contributed by atoms with Gasteiger partial charge in [0.25, 0.3) is 5.91 Å². The lowest BCUT2D eigenvalue weighted by Crippen LogP contribution is -2.25. The van der Waals surface area contributed by atoms with Gasteiger partial charge in [-0.2, -0.15) is 0 Å². The molecule has 4 nitrogen and oxygen atoms in total. The zero-order valence-corrected chi connectivity index (χ0v) is 15.8. The Morgan fingerprint density at radius 2 is 2.00 bits per heavy atom. The second-order valence-electron chi connectivity index (χ2n) is 5.92. The highest BCUT2D eigenvalue weighted by atomic mass is 32.1. The summed E-state index contributed by atoms with van der Waals surface area (Å²) >= 11 is 1.65. The molecule has 0 spiro atoms. The summed E-state index contributed by atoms with van der Waals surface area (Å²) in [5.41, 5.74) is 3.94. The summed E-state index contributed by atoms with van der Waals surface area (Å²) in [6, 6.07) is 15.6. The van der Waals surface area contributed by atoms with Crippen molar-refractivity contribution < 1.29 is 9.53 Å². The lowest BCUT2D eigenvalue weighted by molar-refractivity contribution is 0.0953. The lowest BCUT2D eigenvalue weighted by Gasteiger charge is -2.08. The molecule has 0 saturated heterocycles. The van der Waals surface area contributed by atoms with E-state index in [2.05, 4.69) is 39.9 Å². The number of carbonyl (C=O) groups is 1. The molecule has 0 fully saturated rings. The predicted molar refractivity (Wildman–Crippen MR) is 106 cm³/mol. The SMILES string of the molecule is CCOc1cccc(C(=O)NCCc2ccc(-c3csc(C)n3)cc2)c1. The van der Waals surface area contributed by atoms with E-state index in [0.29, 0.717) is 24.5 Å². The van der Waals surface area contributed by atoms with E-state index in [9.17, 15) is 4.79 Å². The maximum Gasteiger partial charge on any atom is 0.251 e. The van der Waals surface area contributed by atoms with Gasteiger partial charge in [0.1, 0.15) is 5.75 Å². The van der Waals surface area contributed by atoms with E-state index in [-0.39, 0.29) is 5.91 Å². The third-order valence-corrected chi connectivity index (χ3v) is 4.75. The fourth-order valence-corrected chi connectivity index (χ4v) is 3.28. The Hall–Kier alpha value is -2.66. The van der Waals surface area contributed by atoms with Gasteiger partial charge in [0, 0.05) is 23.1 Å². The van der Waals surface area contributed by atoms with Gasteiger partial charge in [-0.05, 0) is 44.0 Å². The van der Waals surface area contributed by atoms with E-state index in [1.165, 1.54) is 5.56 Å². The fourth-order valence-electron chi connectivity index (χ4n) is 2.65. The number of hydrogen-bond donors (Lipinski definition) is 1. The van der Waals surface area contributed by atoms with Crippen LogP contribution in [0, 0.1) is 6.92 Å². The molecule has 1 amide bonds. The summed E-state index contributed by atoms with van der Waals surface area (Å²) in [4.78, 5) is 16.8. The van der Waals surface area contributed by atoms with Crippen LogP contribution in [0.1, 0.15) is 27.9 Å². The number of nitrogens with zero attached hydrogens (tertiary/aromatic N) is 1. The number of rotatable bonds is 7. The van der Waals surface area contributed by atoms with Crippen molar-refractivity contribution in [2.45, 2.75) is 20.3 Å². The van der Waals surface area contributed by atoms with Gasteiger partial charge in [-0.3, -0.25) is 4.79 Å². The molecule has 0 aliphatic rings. The van der Waals surface area contributed by atoms with Crippen LogP contribution in [-0.4, -0.2) is 24.0 Å². The van der Waals surface area contributed by atoms with Crippen LogP contribution < -0.4 is 10.1 Å². The second kappa shape index (κ2) is 8.63. The van der Waals surface area contributed by atoms with E-state index >= 15 is 0 Å². The van der Waals surface area contributed by atoms with Gasteiger partial charge in [-0.25, -0.2) is 4.98 Å². The van der Waals surface area contributed by atoms with Gasteiger partial charge in [-0.15, -0.1) is 11.3 Å². The molecule has 0 aliphatic heterocycles. The standard InChI is InChI=1S/C21H22N2O2S/c1-3-25-19-6-4-5-18(13-19)21(24)22-12-11-16-7-9-17(10-8-16)20-14-26-15(2)23-20/h4-10,13-14H,3,11-12H2,1-2H3,(H,22,24). The van der Waals surface area contributed by atoms with E-state index in [1.54, 1.807) is 23.5 Å². The average Bonchev–Trinajstić information content (AvgIpc) is 3.09. The van der Waals surface area contributed by atoms with Crippen LogP contribution in [0.15, 0.2) is 53.9 Å². The second-order valence-corrected chi connectivity index (χ2v) is 6.98. The zero-order chi connectivity index (χ0) is 18.4. The van der Waals surface area contributed by atoms with Crippen LogP contribution in [0.5, 0.6) is 5.75 Å². The molecule has 1 aromatic heterocycles. The Balaban J connectivity index is 1.53. The first-order chi connectivity index (χ1) is 12.7. The zero-order valence-electron chi connectivity index (χ0n) is 15.0. The van der Waals surface area contributed by atoms with Gasteiger partial charge < -0.3 is 10.1 Å². The highest BCUT2D eigenvalue weighted by Gasteiger charge is 2.07. The third-order valence-electron chi connectivity index (χ3n) is 3.98. The maximum absolute atomic E-state index is 12.3.